The van der Waals surface area contributed by atoms with Crippen LogP contribution in [-0.2, 0) is 4.74 Å². The van der Waals surface area contributed by atoms with Gasteiger partial charge in [-0.1, -0.05) is 6.07 Å². The van der Waals surface area contributed by atoms with Crippen molar-refractivity contribution in [3.63, 3.8) is 0 Å². The fourth-order valence-corrected chi connectivity index (χ4v) is 1.83. The highest BCUT2D eigenvalue weighted by molar-refractivity contribution is 5.94. The van der Waals surface area contributed by atoms with Crippen LogP contribution in [0, 0.1) is 6.92 Å². The predicted octanol–water partition coefficient (Wildman–Crippen LogP) is 0.582. The molecule has 0 aliphatic carbocycles. The topological polar surface area (TPSA) is 78.8 Å². The largest absolute Gasteiger partial charge is 0.508 e. The van der Waals surface area contributed by atoms with Crippen molar-refractivity contribution in [2.75, 3.05) is 19.8 Å². The van der Waals surface area contributed by atoms with Crippen molar-refractivity contribution in [3.8, 4) is 5.75 Å². The van der Waals surface area contributed by atoms with Gasteiger partial charge < -0.3 is 20.3 Å². The lowest BCUT2D eigenvalue weighted by Gasteiger charge is -2.20. The fraction of sp³-hybridized carbons (Fsp3) is 0.462. The number of carbonyl (C=O) groups is 1. The van der Waals surface area contributed by atoms with Gasteiger partial charge in [-0.2, -0.15) is 0 Å². The molecule has 5 nitrogen and oxygen atoms in total. The minimum atomic E-state index is -0.970. The number of carbonyl (C=O) groups excluding carboxylic acids is 1. The number of aryl methyl sites for hydroxylation is 1. The first kappa shape index (κ1) is 12.9. The molecule has 1 aromatic carbocycles. The summed E-state index contributed by atoms with van der Waals surface area (Å²) in [7, 11) is 0. The average molecular weight is 251 g/mol. The molecule has 0 bridgehead atoms. The van der Waals surface area contributed by atoms with E-state index in [1.54, 1.807) is 19.1 Å². The van der Waals surface area contributed by atoms with Crippen LogP contribution in [0.2, 0.25) is 0 Å². The van der Waals surface area contributed by atoms with Gasteiger partial charge in [0.05, 0.1) is 6.61 Å². The molecule has 98 valence electrons. The van der Waals surface area contributed by atoms with E-state index in [0.717, 1.165) is 5.56 Å². The lowest BCUT2D eigenvalue weighted by atomic mass is 10.0. The quantitative estimate of drug-likeness (QED) is 0.734. The van der Waals surface area contributed by atoms with Crippen molar-refractivity contribution in [2.45, 2.75) is 18.9 Å². The number of amides is 1. The monoisotopic (exact) mass is 251 g/mol. The van der Waals surface area contributed by atoms with Crippen LogP contribution in [0.5, 0.6) is 5.75 Å². The van der Waals surface area contributed by atoms with Crippen molar-refractivity contribution >= 4 is 5.91 Å². The zero-order valence-electron chi connectivity index (χ0n) is 10.3. The number of aromatic hydroxyl groups is 1. The number of nitrogens with one attached hydrogen (secondary N) is 1. The van der Waals surface area contributed by atoms with Gasteiger partial charge >= 0.3 is 0 Å². The molecule has 0 saturated carbocycles. The van der Waals surface area contributed by atoms with E-state index in [9.17, 15) is 15.0 Å². The summed E-state index contributed by atoms with van der Waals surface area (Å²) in [5.41, 5.74) is 0.123. The van der Waals surface area contributed by atoms with Crippen LogP contribution in [0.25, 0.3) is 0 Å². The third kappa shape index (κ3) is 2.80. The summed E-state index contributed by atoms with van der Waals surface area (Å²) in [4.78, 5) is 11.8. The van der Waals surface area contributed by atoms with Gasteiger partial charge in [0, 0.05) is 25.1 Å². The SMILES string of the molecule is Cc1ccc(C(=O)NCC2(O)CCOC2)cc1O. The number of rotatable bonds is 3. The first-order valence-electron chi connectivity index (χ1n) is 5.88. The third-order valence-electron chi connectivity index (χ3n) is 3.13. The molecule has 1 aliphatic heterocycles. The van der Waals surface area contributed by atoms with E-state index in [-0.39, 0.29) is 24.8 Å². The number of phenolic OH excluding ortho intramolecular Hbond substituents is 1. The van der Waals surface area contributed by atoms with Crippen molar-refractivity contribution in [3.05, 3.63) is 29.3 Å². The highest BCUT2D eigenvalue weighted by Gasteiger charge is 2.32. The Hall–Kier alpha value is -1.59. The van der Waals surface area contributed by atoms with E-state index < -0.39 is 5.60 Å². The Morgan fingerprint density at radius 2 is 2.33 bits per heavy atom. The van der Waals surface area contributed by atoms with Gasteiger partial charge in [-0.3, -0.25) is 4.79 Å². The molecule has 0 aromatic heterocycles. The summed E-state index contributed by atoms with van der Waals surface area (Å²) in [6, 6.07) is 4.73. The van der Waals surface area contributed by atoms with Crippen molar-refractivity contribution in [1.82, 2.24) is 5.32 Å². The first-order chi connectivity index (χ1) is 8.50. The number of ether oxygens (including phenoxy) is 1. The molecule has 1 amide bonds. The summed E-state index contributed by atoms with van der Waals surface area (Å²) in [6.07, 6.45) is 0.520. The molecule has 5 heteroatoms. The fourth-order valence-electron chi connectivity index (χ4n) is 1.83. The van der Waals surface area contributed by atoms with E-state index in [1.807, 2.05) is 0 Å². The molecular weight excluding hydrogens is 234 g/mol. The Kier molecular flexibility index (Phi) is 3.54. The van der Waals surface area contributed by atoms with E-state index in [0.29, 0.717) is 18.6 Å². The molecule has 1 atom stereocenters. The summed E-state index contributed by atoms with van der Waals surface area (Å²) in [6.45, 7) is 2.67. The lowest BCUT2D eigenvalue weighted by Crippen LogP contribution is -2.43. The summed E-state index contributed by atoms with van der Waals surface area (Å²) in [5.74, 6) is -0.226. The molecule has 0 spiro atoms. The maximum Gasteiger partial charge on any atom is 0.251 e. The summed E-state index contributed by atoms with van der Waals surface area (Å²) in [5, 5.41) is 22.2. The molecular formula is C13H17NO4. The van der Waals surface area contributed by atoms with E-state index in [4.69, 9.17) is 4.74 Å². The van der Waals surface area contributed by atoms with Crippen molar-refractivity contribution in [2.24, 2.45) is 0 Å². The van der Waals surface area contributed by atoms with Crippen LogP contribution < -0.4 is 5.32 Å². The van der Waals surface area contributed by atoms with Crippen LogP contribution in [0.4, 0.5) is 0 Å². The Morgan fingerprint density at radius 3 is 2.94 bits per heavy atom. The number of hydrogen-bond acceptors (Lipinski definition) is 4. The zero-order valence-corrected chi connectivity index (χ0v) is 10.3. The third-order valence-corrected chi connectivity index (χ3v) is 3.13. The summed E-state index contributed by atoms with van der Waals surface area (Å²) < 4.78 is 5.09. The van der Waals surface area contributed by atoms with E-state index in [1.165, 1.54) is 6.07 Å². The van der Waals surface area contributed by atoms with Gasteiger partial charge in [-0.25, -0.2) is 0 Å². The zero-order chi connectivity index (χ0) is 13.2. The summed E-state index contributed by atoms with van der Waals surface area (Å²) >= 11 is 0. The maximum atomic E-state index is 11.8. The van der Waals surface area contributed by atoms with Crippen molar-refractivity contribution in [1.29, 1.82) is 0 Å². The van der Waals surface area contributed by atoms with Crippen LogP contribution in [0.1, 0.15) is 22.3 Å². The minimum absolute atomic E-state index is 0.0885. The molecule has 0 radical (unpaired) electrons. The molecule has 18 heavy (non-hydrogen) atoms. The van der Waals surface area contributed by atoms with Crippen molar-refractivity contribution < 1.29 is 19.7 Å². The van der Waals surface area contributed by atoms with E-state index >= 15 is 0 Å². The Bertz CT molecular complexity index is 452. The maximum absolute atomic E-state index is 11.8. The predicted molar refractivity (Wildman–Crippen MR) is 65.6 cm³/mol. The second-order valence-corrected chi connectivity index (χ2v) is 4.71. The second-order valence-electron chi connectivity index (χ2n) is 4.71. The molecule has 1 fully saturated rings. The highest BCUT2D eigenvalue weighted by atomic mass is 16.5. The van der Waals surface area contributed by atoms with Gasteiger partial charge in [0.15, 0.2) is 0 Å². The van der Waals surface area contributed by atoms with Crippen LogP contribution in [-0.4, -0.2) is 41.5 Å². The normalized spacial score (nSPS) is 23.0. The Balaban J connectivity index is 1.97. The molecule has 2 rings (SSSR count). The van der Waals surface area contributed by atoms with Crippen LogP contribution >= 0.6 is 0 Å². The lowest BCUT2D eigenvalue weighted by molar-refractivity contribution is 0.0264. The standard InChI is InChI=1S/C13H17NO4/c1-9-2-3-10(6-11(9)15)12(16)14-7-13(17)4-5-18-8-13/h2-3,6,15,17H,4-5,7-8H2,1H3,(H,14,16). The van der Waals surface area contributed by atoms with Crippen LogP contribution in [0.15, 0.2) is 18.2 Å². The molecule has 3 N–H and O–H groups in total. The molecule has 1 aromatic rings. The van der Waals surface area contributed by atoms with Gasteiger partial charge in [-0.15, -0.1) is 0 Å². The highest BCUT2D eigenvalue weighted by Crippen LogP contribution is 2.19. The van der Waals surface area contributed by atoms with Gasteiger partial charge in [0.2, 0.25) is 0 Å². The molecule has 1 unspecified atom stereocenters. The van der Waals surface area contributed by atoms with Crippen LogP contribution in [0.3, 0.4) is 0 Å². The van der Waals surface area contributed by atoms with Gasteiger partial charge in [0.25, 0.3) is 5.91 Å². The first-order valence-corrected chi connectivity index (χ1v) is 5.88. The molecule has 1 saturated heterocycles. The van der Waals surface area contributed by atoms with Gasteiger partial charge in [-0.05, 0) is 24.6 Å². The number of phenols is 1. The Labute approximate surface area is 105 Å². The number of benzene rings is 1. The molecule has 1 heterocycles. The van der Waals surface area contributed by atoms with Gasteiger partial charge in [0.1, 0.15) is 11.4 Å². The smallest absolute Gasteiger partial charge is 0.251 e. The average Bonchev–Trinajstić information content (AvgIpc) is 2.77. The Morgan fingerprint density at radius 1 is 1.56 bits per heavy atom. The number of hydrogen-bond donors (Lipinski definition) is 3. The number of aliphatic hydroxyl groups is 1. The second kappa shape index (κ2) is 4.96. The van der Waals surface area contributed by atoms with E-state index in [2.05, 4.69) is 5.32 Å². The minimum Gasteiger partial charge on any atom is -0.508 e. The molecule has 1 aliphatic rings.